The molecule has 26 heavy (non-hydrogen) atoms. The van der Waals surface area contributed by atoms with Crippen molar-refractivity contribution in [3.8, 4) is 28.7 Å². The number of hydrogen-bond acceptors (Lipinski definition) is 4. The number of nitrogens with zero attached hydrogens (tertiary/aromatic N) is 5. The zero-order valence-electron chi connectivity index (χ0n) is 14.8. The van der Waals surface area contributed by atoms with Gasteiger partial charge in [0, 0.05) is 17.8 Å². The van der Waals surface area contributed by atoms with Crippen LogP contribution in [0.5, 0.6) is 5.75 Å². The van der Waals surface area contributed by atoms with Crippen molar-refractivity contribution >= 4 is 0 Å². The molecule has 0 spiro atoms. The number of hydrogen-bond donors (Lipinski definition) is 0. The van der Waals surface area contributed by atoms with Gasteiger partial charge >= 0.3 is 0 Å². The lowest BCUT2D eigenvalue weighted by Gasteiger charge is -2.09. The fourth-order valence-electron chi connectivity index (χ4n) is 3.11. The molecular formula is C18H19F2N5O. The Morgan fingerprint density at radius 2 is 1.96 bits per heavy atom. The van der Waals surface area contributed by atoms with Crippen LogP contribution >= 0.6 is 0 Å². The van der Waals surface area contributed by atoms with E-state index in [2.05, 4.69) is 10.1 Å². The maximum absolute atomic E-state index is 13.0. The molecule has 6 nitrogen and oxygen atoms in total. The second kappa shape index (κ2) is 6.19. The van der Waals surface area contributed by atoms with Gasteiger partial charge in [-0.25, -0.2) is 23.4 Å². The largest absolute Gasteiger partial charge is 0.491 e. The summed E-state index contributed by atoms with van der Waals surface area (Å²) in [4.78, 5) is 9.23. The molecule has 1 aliphatic rings. The number of halogens is 2. The molecule has 4 rings (SSSR count). The minimum Gasteiger partial charge on any atom is -0.491 e. The number of rotatable bonds is 3. The molecule has 0 amide bonds. The number of ether oxygens (including phenoxy) is 1. The number of benzene rings is 1. The van der Waals surface area contributed by atoms with Crippen LogP contribution in [0.1, 0.15) is 37.7 Å². The molecule has 0 radical (unpaired) electrons. The summed E-state index contributed by atoms with van der Waals surface area (Å²) in [5, 5.41) is 4.43. The molecule has 0 N–H and O–H groups in total. The van der Waals surface area contributed by atoms with E-state index in [1.807, 2.05) is 36.2 Å². The Labute approximate surface area is 149 Å². The van der Waals surface area contributed by atoms with Crippen molar-refractivity contribution in [2.75, 3.05) is 6.61 Å². The molecule has 0 saturated heterocycles. The number of alkyl halides is 2. The summed E-state index contributed by atoms with van der Waals surface area (Å²) in [7, 11) is 0. The highest BCUT2D eigenvalue weighted by atomic mass is 19.3. The topological polar surface area (TPSA) is 57.8 Å². The van der Waals surface area contributed by atoms with Crippen LogP contribution in [0.15, 0.2) is 24.4 Å². The van der Waals surface area contributed by atoms with Gasteiger partial charge in [0.15, 0.2) is 5.82 Å². The predicted octanol–water partition coefficient (Wildman–Crippen LogP) is 4.03. The normalized spacial score (nSPS) is 13.5. The van der Waals surface area contributed by atoms with Crippen LogP contribution in [-0.4, -0.2) is 30.9 Å². The Bertz CT molecular complexity index is 961. The van der Waals surface area contributed by atoms with Crippen molar-refractivity contribution in [3.05, 3.63) is 35.8 Å². The van der Waals surface area contributed by atoms with Crippen molar-refractivity contribution in [2.45, 2.75) is 39.8 Å². The van der Waals surface area contributed by atoms with E-state index in [0.29, 0.717) is 47.6 Å². The highest BCUT2D eigenvalue weighted by Gasteiger charge is 2.23. The van der Waals surface area contributed by atoms with Gasteiger partial charge in [-0.05, 0) is 32.9 Å². The molecular weight excluding hydrogens is 340 g/mol. The summed E-state index contributed by atoms with van der Waals surface area (Å²) in [6.45, 7) is 6.88. The first-order valence-electron chi connectivity index (χ1n) is 8.50. The first-order valence-corrected chi connectivity index (χ1v) is 8.50. The zero-order valence-corrected chi connectivity index (χ0v) is 14.8. The van der Waals surface area contributed by atoms with E-state index >= 15 is 0 Å². The van der Waals surface area contributed by atoms with E-state index in [4.69, 9.17) is 9.72 Å². The standard InChI is InChI=1S/C18H19F2N5O/c1-10(2)25-18(21-11(3)23-25)14-9-24-6-7-26-15-8-12(16(19)20)4-5-13(15)17(24)22-14/h4-5,8-10,16H,6-7H2,1-3H3. The van der Waals surface area contributed by atoms with E-state index in [9.17, 15) is 8.78 Å². The number of fused-ring (bicyclic) bond motifs is 3. The SMILES string of the molecule is Cc1nc(-c2cn3c(n2)-c2ccc(C(F)F)cc2OCC3)n(C(C)C)n1. The lowest BCUT2D eigenvalue weighted by Crippen LogP contribution is -2.06. The zero-order chi connectivity index (χ0) is 18.4. The van der Waals surface area contributed by atoms with Crippen molar-refractivity contribution in [3.63, 3.8) is 0 Å². The molecule has 136 valence electrons. The van der Waals surface area contributed by atoms with Crippen LogP contribution in [0.4, 0.5) is 8.78 Å². The summed E-state index contributed by atoms with van der Waals surface area (Å²) < 4.78 is 35.5. The van der Waals surface area contributed by atoms with Crippen LogP contribution in [0.2, 0.25) is 0 Å². The molecule has 1 aromatic carbocycles. The summed E-state index contributed by atoms with van der Waals surface area (Å²) in [5.41, 5.74) is 1.35. The Morgan fingerprint density at radius 1 is 1.15 bits per heavy atom. The summed E-state index contributed by atoms with van der Waals surface area (Å²) in [6.07, 6.45) is -0.619. The molecule has 3 aromatic rings. The minimum absolute atomic E-state index is 0.0563. The van der Waals surface area contributed by atoms with Gasteiger partial charge in [-0.2, -0.15) is 5.10 Å². The highest BCUT2D eigenvalue weighted by molar-refractivity contribution is 5.69. The quantitative estimate of drug-likeness (QED) is 0.708. The number of imidazole rings is 1. The number of aryl methyl sites for hydroxylation is 1. The third kappa shape index (κ3) is 2.75. The van der Waals surface area contributed by atoms with E-state index in [0.717, 1.165) is 0 Å². The lowest BCUT2D eigenvalue weighted by molar-refractivity contribution is 0.151. The van der Waals surface area contributed by atoms with E-state index in [1.54, 1.807) is 6.07 Å². The maximum atomic E-state index is 13.0. The lowest BCUT2D eigenvalue weighted by atomic mass is 10.1. The van der Waals surface area contributed by atoms with Crippen LogP contribution < -0.4 is 4.74 Å². The second-order valence-electron chi connectivity index (χ2n) is 6.57. The van der Waals surface area contributed by atoms with Gasteiger partial charge in [0.25, 0.3) is 6.43 Å². The predicted molar refractivity (Wildman–Crippen MR) is 92.3 cm³/mol. The van der Waals surface area contributed by atoms with Crippen molar-refractivity contribution in [1.29, 1.82) is 0 Å². The molecule has 1 aliphatic heterocycles. The Balaban J connectivity index is 1.83. The first kappa shape index (κ1) is 16.7. The minimum atomic E-state index is -2.53. The van der Waals surface area contributed by atoms with Gasteiger partial charge in [0.2, 0.25) is 0 Å². The number of aromatic nitrogens is 5. The highest BCUT2D eigenvalue weighted by Crippen LogP contribution is 2.36. The molecule has 0 aliphatic carbocycles. The van der Waals surface area contributed by atoms with Crippen LogP contribution in [-0.2, 0) is 6.54 Å². The van der Waals surface area contributed by atoms with Crippen molar-refractivity contribution in [1.82, 2.24) is 24.3 Å². The second-order valence-corrected chi connectivity index (χ2v) is 6.57. The van der Waals surface area contributed by atoms with Crippen LogP contribution in [0.25, 0.3) is 22.9 Å². The van der Waals surface area contributed by atoms with Crippen molar-refractivity contribution < 1.29 is 13.5 Å². The maximum Gasteiger partial charge on any atom is 0.263 e. The van der Waals surface area contributed by atoms with Gasteiger partial charge < -0.3 is 9.30 Å². The van der Waals surface area contributed by atoms with E-state index in [1.165, 1.54) is 12.1 Å². The third-order valence-electron chi connectivity index (χ3n) is 4.32. The molecule has 0 bridgehead atoms. The van der Waals surface area contributed by atoms with Crippen LogP contribution in [0.3, 0.4) is 0 Å². The fraction of sp³-hybridized carbons (Fsp3) is 0.389. The fourth-order valence-corrected chi connectivity index (χ4v) is 3.11. The van der Waals surface area contributed by atoms with Gasteiger partial charge in [-0.15, -0.1) is 0 Å². The molecule has 3 heterocycles. The van der Waals surface area contributed by atoms with Crippen molar-refractivity contribution in [2.24, 2.45) is 0 Å². The Morgan fingerprint density at radius 3 is 2.69 bits per heavy atom. The summed E-state index contributed by atoms with van der Waals surface area (Å²) in [5.74, 6) is 2.50. The molecule has 2 aromatic heterocycles. The van der Waals surface area contributed by atoms with Gasteiger partial charge in [-0.3, -0.25) is 0 Å². The third-order valence-corrected chi connectivity index (χ3v) is 4.32. The molecule has 0 atom stereocenters. The van der Waals surface area contributed by atoms with Gasteiger partial charge in [0.05, 0.1) is 12.1 Å². The summed E-state index contributed by atoms with van der Waals surface area (Å²) >= 11 is 0. The monoisotopic (exact) mass is 359 g/mol. The first-order chi connectivity index (χ1) is 12.4. The Hall–Kier alpha value is -2.77. The molecule has 8 heteroatoms. The molecule has 0 fully saturated rings. The van der Waals surface area contributed by atoms with Gasteiger partial charge in [-0.1, -0.05) is 6.07 Å². The van der Waals surface area contributed by atoms with Gasteiger partial charge in [0.1, 0.15) is 29.7 Å². The summed E-state index contributed by atoms with van der Waals surface area (Å²) in [6, 6.07) is 4.60. The van der Waals surface area contributed by atoms with Crippen LogP contribution in [0, 0.1) is 6.92 Å². The smallest absolute Gasteiger partial charge is 0.263 e. The molecule has 0 unspecified atom stereocenters. The Kier molecular flexibility index (Phi) is 3.97. The van der Waals surface area contributed by atoms with E-state index in [-0.39, 0.29) is 11.6 Å². The molecule has 0 saturated carbocycles. The average molecular weight is 359 g/mol. The average Bonchev–Trinajstić information content (AvgIpc) is 3.14. The van der Waals surface area contributed by atoms with E-state index < -0.39 is 6.43 Å².